The zero-order chi connectivity index (χ0) is 18.3. The van der Waals surface area contributed by atoms with Crippen LogP contribution < -0.4 is 0 Å². The van der Waals surface area contributed by atoms with Gasteiger partial charge in [-0.15, -0.1) is 0 Å². The van der Waals surface area contributed by atoms with Crippen LogP contribution >= 0.6 is 0 Å². The second-order valence-electron chi connectivity index (χ2n) is 6.26. The molecule has 2 aromatic rings. The Kier molecular flexibility index (Phi) is 7.06. The summed E-state index contributed by atoms with van der Waals surface area (Å²) >= 11 is 0. The Morgan fingerprint density at radius 1 is 0.760 bits per heavy atom. The Balaban J connectivity index is 1.89. The Morgan fingerprint density at radius 2 is 1.28 bits per heavy atom. The molecule has 1 nitrogen and oxygen atoms in total. The van der Waals surface area contributed by atoms with E-state index in [0.717, 1.165) is 55.7 Å². The van der Waals surface area contributed by atoms with Gasteiger partial charge in [0, 0.05) is 0 Å². The van der Waals surface area contributed by atoms with Gasteiger partial charge in [-0.05, 0) is 67.7 Å². The summed E-state index contributed by atoms with van der Waals surface area (Å²) in [6.07, 6.45) is -0.916. The molecule has 0 N–H and O–H groups in total. The fourth-order valence-corrected chi connectivity index (χ4v) is 2.92. The summed E-state index contributed by atoms with van der Waals surface area (Å²) in [6.45, 7) is 7.69. The highest BCUT2D eigenvalue weighted by Gasteiger charge is 2.29. The third-order valence-electron chi connectivity index (χ3n) is 4.58. The van der Waals surface area contributed by atoms with Crippen LogP contribution in [0.1, 0.15) is 37.8 Å². The van der Waals surface area contributed by atoms with Crippen molar-refractivity contribution in [1.29, 1.82) is 0 Å². The van der Waals surface area contributed by atoms with Crippen molar-refractivity contribution in [2.75, 3.05) is 19.6 Å². The van der Waals surface area contributed by atoms with E-state index < -0.39 is 11.7 Å². The fraction of sp³-hybridized carbons (Fsp3) is 0.429. The fourth-order valence-electron chi connectivity index (χ4n) is 2.92. The molecule has 0 saturated carbocycles. The summed E-state index contributed by atoms with van der Waals surface area (Å²) in [5.74, 6) is 0. The van der Waals surface area contributed by atoms with E-state index in [0.29, 0.717) is 0 Å². The lowest BCUT2D eigenvalue weighted by molar-refractivity contribution is -0.137. The highest BCUT2D eigenvalue weighted by Crippen LogP contribution is 2.31. The summed E-state index contributed by atoms with van der Waals surface area (Å²) in [4.78, 5) is 2.42. The number of nitrogens with zero attached hydrogens (tertiary/aromatic N) is 1. The van der Waals surface area contributed by atoms with Crippen molar-refractivity contribution < 1.29 is 13.2 Å². The monoisotopic (exact) mass is 349 g/mol. The minimum atomic E-state index is -4.28. The van der Waals surface area contributed by atoms with Crippen LogP contribution in [0.15, 0.2) is 48.5 Å². The van der Waals surface area contributed by atoms with Crippen molar-refractivity contribution >= 4 is 0 Å². The second-order valence-corrected chi connectivity index (χ2v) is 6.26. The van der Waals surface area contributed by atoms with Gasteiger partial charge in [-0.3, -0.25) is 0 Å². The molecular weight excluding hydrogens is 323 g/mol. The number of rotatable bonds is 8. The predicted octanol–water partition coefficient (Wildman–Crippen LogP) is 6.04. The lowest BCUT2D eigenvalue weighted by Gasteiger charge is -2.17. The first-order valence-corrected chi connectivity index (χ1v) is 8.93. The average Bonchev–Trinajstić information content (AvgIpc) is 2.62. The number of aryl methyl sites for hydroxylation is 1. The Morgan fingerprint density at radius 3 is 1.76 bits per heavy atom. The molecule has 0 heterocycles. The SMILES string of the molecule is CCN(CC)CCCCc1ccc(-c2ccc(C(F)(F)F)cc2)cc1. The Labute approximate surface area is 148 Å². The van der Waals surface area contributed by atoms with Gasteiger partial charge in [-0.25, -0.2) is 0 Å². The van der Waals surface area contributed by atoms with Crippen molar-refractivity contribution in [3.8, 4) is 11.1 Å². The molecule has 0 fully saturated rings. The average molecular weight is 349 g/mol. The van der Waals surface area contributed by atoms with Gasteiger partial charge in [0.2, 0.25) is 0 Å². The van der Waals surface area contributed by atoms with E-state index in [9.17, 15) is 13.2 Å². The number of benzene rings is 2. The smallest absolute Gasteiger partial charge is 0.304 e. The lowest BCUT2D eigenvalue weighted by atomic mass is 10.0. The summed E-state index contributed by atoms with van der Waals surface area (Å²) in [5, 5.41) is 0. The molecule has 0 bridgehead atoms. The topological polar surface area (TPSA) is 3.24 Å². The van der Waals surface area contributed by atoms with Crippen LogP contribution in [0.25, 0.3) is 11.1 Å². The predicted molar refractivity (Wildman–Crippen MR) is 97.6 cm³/mol. The van der Waals surface area contributed by atoms with Crippen LogP contribution in [0.4, 0.5) is 13.2 Å². The minimum Gasteiger partial charge on any atom is -0.304 e. The van der Waals surface area contributed by atoms with Gasteiger partial charge in [0.05, 0.1) is 5.56 Å². The molecule has 0 aromatic heterocycles. The number of alkyl halides is 3. The van der Waals surface area contributed by atoms with E-state index in [4.69, 9.17) is 0 Å². The molecule has 0 radical (unpaired) electrons. The summed E-state index contributed by atoms with van der Waals surface area (Å²) in [6, 6.07) is 13.5. The minimum absolute atomic E-state index is 0.610. The van der Waals surface area contributed by atoms with E-state index in [2.05, 4.69) is 30.9 Å². The van der Waals surface area contributed by atoms with Crippen LogP contribution in [0.2, 0.25) is 0 Å². The van der Waals surface area contributed by atoms with Gasteiger partial charge in [0.15, 0.2) is 0 Å². The first-order valence-electron chi connectivity index (χ1n) is 8.93. The quantitative estimate of drug-likeness (QED) is 0.525. The normalized spacial score (nSPS) is 11.9. The van der Waals surface area contributed by atoms with Gasteiger partial charge in [0.1, 0.15) is 0 Å². The van der Waals surface area contributed by atoms with E-state index >= 15 is 0 Å². The third kappa shape index (κ3) is 5.89. The van der Waals surface area contributed by atoms with Crippen molar-refractivity contribution in [1.82, 2.24) is 4.90 Å². The zero-order valence-corrected chi connectivity index (χ0v) is 14.9. The number of hydrogen-bond acceptors (Lipinski definition) is 1. The largest absolute Gasteiger partial charge is 0.416 e. The van der Waals surface area contributed by atoms with Gasteiger partial charge in [-0.1, -0.05) is 50.2 Å². The number of hydrogen-bond donors (Lipinski definition) is 0. The van der Waals surface area contributed by atoms with Crippen molar-refractivity contribution in [2.45, 2.75) is 39.3 Å². The maximum absolute atomic E-state index is 12.6. The maximum atomic E-state index is 12.6. The van der Waals surface area contributed by atoms with E-state index in [1.807, 2.05) is 12.1 Å². The number of halogens is 3. The molecule has 0 atom stereocenters. The van der Waals surface area contributed by atoms with Gasteiger partial charge in [-0.2, -0.15) is 13.2 Å². The van der Waals surface area contributed by atoms with Gasteiger partial charge in [0.25, 0.3) is 0 Å². The highest BCUT2D eigenvalue weighted by atomic mass is 19.4. The van der Waals surface area contributed by atoms with Crippen LogP contribution in [0.5, 0.6) is 0 Å². The first-order chi connectivity index (χ1) is 11.9. The first kappa shape index (κ1) is 19.5. The van der Waals surface area contributed by atoms with Crippen molar-refractivity contribution in [3.05, 3.63) is 59.7 Å². The Hall–Kier alpha value is -1.81. The molecular formula is C21H26F3N. The maximum Gasteiger partial charge on any atom is 0.416 e. The molecule has 0 unspecified atom stereocenters. The van der Waals surface area contributed by atoms with Gasteiger partial charge >= 0.3 is 6.18 Å². The van der Waals surface area contributed by atoms with Crippen molar-refractivity contribution in [2.24, 2.45) is 0 Å². The molecule has 25 heavy (non-hydrogen) atoms. The molecule has 0 aliphatic rings. The lowest BCUT2D eigenvalue weighted by Crippen LogP contribution is -2.23. The summed E-state index contributed by atoms with van der Waals surface area (Å²) in [5.41, 5.74) is 2.41. The van der Waals surface area contributed by atoms with Crippen LogP contribution in [0, 0.1) is 0 Å². The molecule has 2 rings (SSSR count). The second kappa shape index (κ2) is 9.04. The van der Waals surface area contributed by atoms with E-state index in [1.165, 1.54) is 24.1 Å². The molecule has 0 saturated heterocycles. The van der Waals surface area contributed by atoms with Gasteiger partial charge < -0.3 is 4.90 Å². The summed E-state index contributed by atoms with van der Waals surface area (Å²) < 4.78 is 37.8. The molecule has 0 aliphatic carbocycles. The zero-order valence-electron chi connectivity index (χ0n) is 14.9. The molecule has 2 aromatic carbocycles. The third-order valence-corrected chi connectivity index (χ3v) is 4.58. The van der Waals surface area contributed by atoms with Crippen LogP contribution in [-0.4, -0.2) is 24.5 Å². The van der Waals surface area contributed by atoms with E-state index in [-0.39, 0.29) is 0 Å². The Bertz CT molecular complexity index is 626. The summed E-state index contributed by atoms with van der Waals surface area (Å²) in [7, 11) is 0. The van der Waals surface area contributed by atoms with Crippen LogP contribution in [-0.2, 0) is 12.6 Å². The molecule has 0 spiro atoms. The molecule has 136 valence electrons. The highest BCUT2D eigenvalue weighted by molar-refractivity contribution is 5.64. The molecule has 0 aliphatic heterocycles. The van der Waals surface area contributed by atoms with Crippen molar-refractivity contribution in [3.63, 3.8) is 0 Å². The molecule has 4 heteroatoms. The number of unbranched alkanes of at least 4 members (excludes halogenated alkanes) is 1. The molecule has 0 amide bonds. The standard InChI is InChI=1S/C21H26F3N/c1-3-25(4-2)16-6-5-7-17-8-10-18(11-9-17)19-12-14-20(15-13-19)21(22,23)24/h8-15H,3-7,16H2,1-2H3. The van der Waals surface area contributed by atoms with Crippen LogP contribution in [0.3, 0.4) is 0 Å². The van der Waals surface area contributed by atoms with E-state index in [1.54, 1.807) is 0 Å².